The van der Waals surface area contributed by atoms with E-state index in [0.29, 0.717) is 12.8 Å². The maximum atomic E-state index is 14.3. The third-order valence-corrected chi connectivity index (χ3v) is 13.5. The highest BCUT2D eigenvalue weighted by Crippen LogP contribution is 2.76. The summed E-state index contributed by atoms with van der Waals surface area (Å²) in [6.07, 6.45) is 7.66. The van der Waals surface area contributed by atoms with Crippen LogP contribution in [-0.2, 0) is 14.3 Å². The summed E-state index contributed by atoms with van der Waals surface area (Å²) >= 11 is 0. The number of aliphatic hydroxyl groups is 2. The number of hydrogen-bond acceptors (Lipinski definition) is 5. The van der Waals surface area contributed by atoms with Crippen LogP contribution < -0.4 is 0 Å². The normalized spacial score (nSPS) is 58.4. The van der Waals surface area contributed by atoms with Gasteiger partial charge >= 0.3 is 5.97 Å². The monoisotopic (exact) mass is 484 g/mol. The Bertz CT molecular complexity index is 1060. The van der Waals surface area contributed by atoms with Gasteiger partial charge in [-0.1, -0.05) is 41.5 Å². The second-order valence-electron chi connectivity index (χ2n) is 15.2. The second kappa shape index (κ2) is 6.43. The van der Waals surface area contributed by atoms with Crippen LogP contribution in [0.1, 0.15) is 99.8 Å². The number of aliphatic hydroxyl groups excluding tert-OH is 1. The predicted octanol–water partition coefficient (Wildman–Crippen LogP) is 4.98. The first-order valence-electron chi connectivity index (χ1n) is 13.9. The van der Waals surface area contributed by atoms with E-state index in [4.69, 9.17) is 4.74 Å². The highest BCUT2D eigenvalue weighted by molar-refractivity contribution is 5.96. The Morgan fingerprint density at radius 1 is 0.943 bits per heavy atom. The van der Waals surface area contributed by atoms with Crippen LogP contribution >= 0.6 is 0 Å². The molecule has 5 fully saturated rings. The second-order valence-corrected chi connectivity index (χ2v) is 15.2. The maximum absolute atomic E-state index is 14.3. The zero-order chi connectivity index (χ0) is 25.6. The molecule has 2 N–H and O–H groups in total. The van der Waals surface area contributed by atoms with Crippen LogP contribution in [0.2, 0.25) is 0 Å². The number of esters is 1. The standard InChI is InChI=1S/C30H44O5/c1-24(2)18-8-11-29(7)22(26(18,4)10-9-20(24)32)17(31)14-19-28(29,6)13-12-25(3)15-21-27(5,23(33)35-21)16-30(19,25)34/h14,18,20-22,32,34H,8-13,15-16H2,1-7H3. The summed E-state index contributed by atoms with van der Waals surface area (Å²) in [6, 6.07) is 0. The van der Waals surface area contributed by atoms with E-state index in [1.54, 1.807) is 0 Å². The first kappa shape index (κ1) is 24.2. The maximum Gasteiger partial charge on any atom is 0.316 e. The molecule has 0 spiro atoms. The van der Waals surface area contributed by atoms with E-state index in [9.17, 15) is 19.8 Å². The Morgan fingerprint density at radius 2 is 1.63 bits per heavy atom. The molecule has 35 heavy (non-hydrogen) atoms. The van der Waals surface area contributed by atoms with Crippen molar-refractivity contribution in [2.75, 3.05) is 0 Å². The van der Waals surface area contributed by atoms with E-state index >= 15 is 0 Å². The van der Waals surface area contributed by atoms with Gasteiger partial charge in [0, 0.05) is 11.3 Å². The van der Waals surface area contributed by atoms with Crippen LogP contribution in [0, 0.1) is 44.3 Å². The number of ketones is 1. The number of ether oxygens (including phenoxy) is 1. The van der Waals surface area contributed by atoms with Crippen molar-refractivity contribution in [2.24, 2.45) is 44.3 Å². The molecule has 0 amide bonds. The number of allylic oxidation sites excluding steroid dienone is 1. The summed E-state index contributed by atoms with van der Waals surface area (Å²) in [6.45, 7) is 15.4. The molecule has 1 saturated heterocycles. The van der Waals surface area contributed by atoms with Crippen molar-refractivity contribution in [3.05, 3.63) is 11.6 Å². The highest BCUT2D eigenvalue weighted by atomic mass is 16.6. The van der Waals surface area contributed by atoms with E-state index in [-0.39, 0.29) is 57.5 Å². The predicted molar refractivity (Wildman–Crippen MR) is 132 cm³/mol. The molecule has 10 unspecified atom stereocenters. The quantitative estimate of drug-likeness (QED) is 0.474. The molecule has 1 heterocycles. The summed E-state index contributed by atoms with van der Waals surface area (Å²) in [4.78, 5) is 26.8. The molecular weight excluding hydrogens is 440 g/mol. The molecule has 0 bridgehead atoms. The van der Waals surface area contributed by atoms with Crippen molar-refractivity contribution >= 4 is 11.8 Å². The molecule has 10 atom stereocenters. The molecule has 6 rings (SSSR count). The van der Waals surface area contributed by atoms with E-state index in [0.717, 1.165) is 44.1 Å². The van der Waals surface area contributed by atoms with Crippen LogP contribution in [-0.4, -0.2) is 39.8 Å². The number of carbonyl (C=O) groups excluding carboxylic acids is 2. The fourth-order valence-electron chi connectivity index (χ4n) is 10.9. The van der Waals surface area contributed by atoms with Gasteiger partial charge in [0.05, 0.1) is 11.7 Å². The third-order valence-electron chi connectivity index (χ3n) is 13.5. The van der Waals surface area contributed by atoms with Crippen LogP contribution in [0.5, 0.6) is 0 Å². The fraction of sp³-hybridized carbons (Fsp3) is 0.867. The molecule has 6 aliphatic rings. The Labute approximate surface area is 210 Å². The Kier molecular flexibility index (Phi) is 4.44. The van der Waals surface area contributed by atoms with E-state index in [1.807, 2.05) is 13.0 Å². The van der Waals surface area contributed by atoms with E-state index < -0.39 is 16.4 Å². The average molecular weight is 485 g/mol. The van der Waals surface area contributed by atoms with Gasteiger partial charge in [0.15, 0.2) is 5.78 Å². The summed E-state index contributed by atoms with van der Waals surface area (Å²) in [5.74, 6) is 0.104. The topological polar surface area (TPSA) is 83.8 Å². The SMILES string of the molecule is CC12CC3(O)C4=CC(=O)C5C6(C)CCC(O)C(C)(C)C6CCC5(C)C4(C)CCC3(C)CC1OC2=O. The zero-order valence-electron chi connectivity index (χ0n) is 22.7. The lowest BCUT2D eigenvalue weighted by Gasteiger charge is -2.72. The molecule has 0 aromatic carbocycles. The zero-order valence-corrected chi connectivity index (χ0v) is 22.7. The fourth-order valence-corrected chi connectivity index (χ4v) is 10.9. The molecule has 0 aromatic rings. The number of hydrogen-bond donors (Lipinski definition) is 2. The van der Waals surface area contributed by atoms with Crippen molar-refractivity contribution in [3.8, 4) is 0 Å². The number of rotatable bonds is 0. The smallest absolute Gasteiger partial charge is 0.316 e. The molecule has 1 aliphatic heterocycles. The lowest BCUT2D eigenvalue weighted by atomic mass is 9.32. The van der Waals surface area contributed by atoms with Gasteiger partial charge in [0.25, 0.3) is 0 Å². The van der Waals surface area contributed by atoms with Crippen molar-refractivity contribution < 1.29 is 24.5 Å². The molecule has 4 saturated carbocycles. The minimum absolute atomic E-state index is 0.122. The minimum Gasteiger partial charge on any atom is -0.461 e. The summed E-state index contributed by atoms with van der Waals surface area (Å²) in [7, 11) is 0. The minimum atomic E-state index is -1.19. The molecule has 5 nitrogen and oxygen atoms in total. The van der Waals surface area contributed by atoms with Gasteiger partial charge in [0.2, 0.25) is 0 Å². The molecule has 0 radical (unpaired) electrons. The Balaban J connectivity index is 1.49. The molecule has 5 heteroatoms. The van der Waals surface area contributed by atoms with E-state index in [2.05, 4.69) is 41.5 Å². The van der Waals surface area contributed by atoms with Crippen molar-refractivity contribution in [1.29, 1.82) is 0 Å². The van der Waals surface area contributed by atoms with Gasteiger partial charge < -0.3 is 14.9 Å². The van der Waals surface area contributed by atoms with Gasteiger partial charge in [-0.3, -0.25) is 9.59 Å². The average Bonchev–Trinajstić information content (AvgIpc) is 2.75. The molecule has 5 aliphatic carbocycles. The largest absolute Gasteiger partial charge is 0.461 e. The number of carbonyl (C=O) groups is 2. The summed E-state index contributed by atoms with van der Waals surface area (Å²) < 4.78 is 5.54. The van der Waals surface area contributed by atoms with Gasteiger partial charge in [-0.15, -0.1) is 0 Å². The van der Waals surface area contributed by atoms with Crippen LogP contribution in [0.15, 0.2) is 11.6 Å². The van der Waals surface area contributed by atoms with Crippen molar-refractivity contribution in [3.63, 3.8) is 0 Å². The van der Waals surface area contributed by atoms with E-state index in [1.165, 1.54) is 0 Å². The third kappa shape index (κ3) is 2.45. The van der Waals surface area contributed by atoms with Crippen LogP contribution in [0.25, 0.3) is 0 Å². The number of fused-ring (bicyclic) bond motifs is 8. The molecule has 194 valence electrons. The van der Waals surface area contributed by atoms with Gasteiger partial charge in [0.1, 0.15) is 11.5 Å². The van der Waals surface area contributed by atoms with Crippen molar-refractivity contribution in [1.82, 2.24) is 0 Å². The highest BCUT2D eigenvalue weighted by Gasteiger charge is 2.75. The van der Waals surface area contributed by atoms with Crippen LogP contribution in [0.3, 0.4) is 0 Å². The van der Waals surface area contributed by atoms with Gasteiger partial charge in [-0.25, -0.2) is 0 Å². The Hall–Kier alpha value is -1.20. The van der Waals surface area contributed by atoms with Crippen LogP contribution in [0.4, 0.5) is 0 Å². The molecule has 0 aromatic heterocycles. The lowest BCUT2D eigenvalue weighted by molar-refractivity contribution is -0.263. The van der Waals surface area contributed by atoms with Crippen molar-refractivity contribution in [2.45, 2.75) is 118 Å². The Morgan fingerprint density at radius 3 is 2.29 bits per heavy atom. The van der Waals surface area contributed by atoms with Gasteiger partial charge in [-0.05, 0) is 97.5 Å². The summed E-state index contributed by atoms with van der Waals surface area (Å²) in [5.41, 5.74) is -2.38. The molecular formula is C30H44O5. The lowest BCUT2D eigenvalue weighted by Crippen LogP contribution is -2.73. The summed E-state index contributed by atoms with van der Waals surface area (Å²) in [5, 5.41) is 23.5. The first-order valence-corrected chi connectivity index (χ1v) is 13.9. The first-order chi connectivity index (χ1) is 16.0. The van der Waals surface area contributed by atoms with Gasteiger partial charge in [-0.2, -0.15) is 0 Å².